The summed E-state index contributed by atoms with van der Waals surface area (Å²) in [5, 5.41) is 9.56. The number of carbonyl (C=O) groups is 1. The number of anilines is 1. The summed E-state index contributed by atoms with van der Waals surface area (Å²) in [6.07, 6.45) is 2.53. The van der Waals surface area contributed by atoms with Crippen molar-refractivity contribution in [2.45, 2.75) is 19.0 Å². The van der Waals surface area contributed by atoms with Crippen molar-refractivity contribution in [3.8, 4) is 6.07 Å². The number of allylic oxidation sites excluding steroid dienone is 1. The molecule has 2 aromatic rings. The molecule has 1 amide bonds. The van der Waals surface area contributed by atoms with Crippen molar-refractivity contribution in [3.63, 3.8) is 0 Å². The maximum absolute atomic E-state index is 12.6. The van der Waals surface area contributed by atoms with Crippen molar-refractivity contribution in [2.75, 3.05) is 11.2 Å². The highest BCUT2D eigenvalue weighted by molar-refractivity contribution is 8.04. The van der Waals surface area contributed by atoms with E-state index in [4.69, 9.17) is 22.6 Å². The highest BCUT2D eigenvalue weighted by atomic mass is 35.5. The molecule has 0 spiro atoms. The molecule has 8 nitrogen and oxygen atoms in total. The average molecular weight is 464 g/mol. The molecule has 0 bridgehead atoms. The molecular formula is C19H18ClN5O3S2. The second-order valence-corrected chi connectivity index (χ2v) is 10.1. The number of nitrogens with zero attached hydrogens (tertiary/aromatic N) is 4. The summed E-state index contributed by atoms with van der Waals surface area (Å²) in [5.41, 5.74) is 6.38. The number of amides is 1. The Morgan fingerprint density at radius 3 is 2.50 bits per heavy atom. The first-order valence-corrected chi connectivity index (χ1v) is 11.8. The van der Waals surface area contributed by atoms with Gasteiger partial charge in [-0.15, -0.1) is 0 Å². The molecule has 11 heteroatoms. The molecular weight excluding hydrogens is 446 g/mol. The molecule has 1 aromatic heterocycles. The third kappa shape index (κ3) is 4.53. The van der Waals surface area contributed by atoms with Crippen molar-refractivity contribution >= 4 is 45.0 Å². The Labute approximate surface area is 184 Å². The second kappa shape index (κ2) is 8.55. The Bertz CT molecular complexity index is 1140. The minimum Gasteiger partial charge on any atom is -0.364 e. The van der Waals surface area contributed by atoms with E-state index in [1.165, 1.54) is 18.0 Å². The molecule has 0 fully saturated rings. The molecule has 1 aliphatic heterocycles. The van der Waals surface area contributed by atoms with E-state index in [-0.39, 0.29) is 12.2 Å². The molecule has 2 heterocycles. The number of hydrogen-bond acceptors (Lipinski definition) is 7. The number of carbonyl (C=O) groups excluding carboxylic acids is 1. The molecule has 1 aliphatic rings. The Hall–Kier alpha value is -2.74. The first kappa shape index (κ1) is 22.0. The molecule has 0 saturated carbocycles. The van der Waals surface area contributed by atoms with Crippen LogP contribution in [0.2, 0.25) is 5.02 Å². The largest absolute Gasteiger partial charge is 0.364 e. The van der Waals surface area contributed by atoms with E-state index in [2.05, 4.69) is 11.1 Å². The number of primary amides is 1. The monoisotopic (exact) mass is 463 g/mol. The number of benzene rings is 1. The standard InChI is InChI=1S/C19H18ClN5O3S2/c1-12-17(18(22)26)25(30(2,27)28)19(29-12)24(11-15-6-5-14(20)10-23-15)16-7-3-13(9-21)4-8-16/h3-8,10,19H,11H2,1-2H3,(H2,22,26). The quantitative estimate of drug-likeness (QED) is 0.698. The summed E-state index contributed by atoms with van der Waals surface area (Å²) in [6, 6.07) is 12.2. The van der Waals surface area contributed by atoms with Crippen LogP contribution in [-0.2, 0) is 21.4 Å². The number of aromatic nitrogens is 1. The van der Waals surface area contributed by atoms with Gasteiger partial charge in [0.1, 0.15) is 5.70 Å². The number of rotatable bonds is 6. The van der Waals surface area contributed by atoms with Gasteiger partial charge in [0.25, 0.3) is 5.91 Å². The van der Waals surface area contributed by atoms with Gasteiger partial charge in [0.15, 0.2) is 5.50 Å². The predicted molar refractivity (Wildman–Crippen MR) is 117 cm³/mol. The zero-order chi connectivity index (χ0) is 22.1. The van der Waals surface area contributed by atoms with Crippen molar-refractivity contribution in [1.29, 1.82) is 5.26 Å². The molecule has 3 rings (SSSR count). The van der Waals surface area contributed by atoms with Gasteiger partial charge in [0.05, 0.1) is 35.1 Å². The van der Waals surface area contributed by atoms with E-state index in [0.29, 0.717) is 26.9 Å². The van der Waals surface area contributed by atoms with Crippen LogP contribution in [0.4, 0.5) is 5.69 Å². The number of thioether (sulfide) groups is 1. The van der Waals surface area contributed by atoms with Crippen LogP contribution in [0.25, 0.3) is 0 Å². The lowest BCUT2D eigenvalue weighted by molar-refractivity contribution is -0.115. The van der Waals surface area contributed by atoms with E-state index in [1.54, 1.807) is 48.2 Å². The van der Waals surface area contributed by atoms with E-state index in [1.807, 2.05) is 0 Å². The van der Waals surface area contributed by atoms with Gasteiger partial charge in [0, 0.05) is 16.8 Å². The third-order valence-corrected chi connectivity index (χ3v) is 7.02. The molecule has 1 unspecified atom stereocenters. The van der Waals surface area contributed by atoms with Crippen LogP contribution in [0, 0.1) is 11.3 Å². The van der Waals surface area contributed by atoms with Crippen LogP contribution in [0.5, 0.6) is 0 Å². The Kier molecular flexibility index (Phi) is 6.26. The number of sulfonamides is 1. The van der Waals surface area contributed by atoms with E-state index >= 15 is 0 Å². The van der Waals surface area contributed by atoms with Crippen LogP contribution in [-0.4, -0.2) is 35.4 Å². The van der Waals surface area contributed by atoms with Crippen molar-refractivity contribution in [3.05, 3.63) is 69.5 Å². The summed E-state index contributed by atoms with van der Waals surface area (Å²) >= 11 is 7.13. The van der Waals surface area contributed by atoms with Gasteiger partial charge in [0.2, 0.25) is 10.0 Å². The first-order valence-electron chi connectivity index (χ1n) is 8.66. The number of hydrogen-bond donors (Lipinski definition) is 1. The topological polar surface area (TPSA) is 120 Å². The first-order chi connectivity index (χ1) is 14.1. The summed E-state index contributed by atoms with van der Waals surface area (Å²) < 4.78 is 26.2. The third-order valence-electron chi connectivity index (χ3n) is 4.34. The zero-order valence-electron chi connectivity index (χ0n) is 16.1. The Morgan fingerprint density at radius 1 is 1.33 bits per heavy atom. The van der Waals surface area contributed by atoms with Gasteiger partial charge in [-0.25, -0.2) is 12.7 Å². The highest BCUT2D eigenvalue weighted by Gasteiger charge is 2.42. The minimum atomic E-state index is -3.83. The van der Waals surface area contributed by atoms with Crippen LogP contribution in [0.1, 0.15) is 18.2 Å². The fraction of sp³-hybridized carbons (Fsp3) is 0.211. The van der Waals surface area contributed by atoms with Crippen molar-refractivity contribution in [2.24, 2.45) is 5.73 Å². The number of halogens is 1. The van der Waals surface area contributed by atoms with Gasteiger partial charge in [-0.05, 0) is 43.3 Å². The van der Waals surface area contributed by atoms with Crippen molar-refractivity contribution < 1.29 is 13.2 Å². The lowest BCUT2D eigenvalue weighted by Gasteiger charge is -2.36. The molecule has 156 valence electrons. The number of nitriles is 1. The van der Waals surface area contributed by atoms with E-state index < -0.39 is 21.4 Å². The predicted octanol–water partition coefficient (Wildman–Crippen LogP) is 2.62. The SMILES string of the molecule is CC1=C(C(N)=O)N(S(C)(=O)=O)C(N(Cc2ccc(Cl)cn2)c2ccc(C#N)cc2)S1. The molecule has 30 heavy (non-hydrogen) atoms. The van der Waals surface area contributed by atoms with Gasteiger partial charge in [-0.1, -0.05) is 23.4 Å². The van der Waals surface area contributed by atoms with E-state index in [0.717, 1.165) is 10.6 Å². The Balaban J connectivity index is 2.09. The lowest BCUT2D eigenvalue weighted by atomic mass is 10.2. The van der Waals surface area contributed by atoms with Crippen LogP contribution in [0.15, 0.2) is 53.2 Å². The van der Waals surface area contributed by atoms with Gasteiger partial charge in [-0.2, -0.15) is 5.26 Å². The normalized spacial score (nSPS) is 16.5. The summed E-state index contributed by atoms with van der Waals surface area (Å²) in [7, 11) is -3.83. The highest BCUT2D eigenvalue weighted by Crippen LogP contribution is 2.43. The fourth-order valence-corrected chi connectivity index (χ4v) is 5.95. The molecule has 1 atom stereocenters. The van der Waals surface area contributed by atoms with Gasteiger partial charge < -0.3 is 10.6 Å². The van der Waals surface area contributed by atoms with E-state index in [9.17, 15) is 13.2 Å². The number of pyridine rings is 1. The molecule has 2 N–H and O–H groups in total. The van der Waals surface area contributed by atoms with Gasteiger partial charge >= 0.3 is 0 Å². The van der Waals surface area contributed by atoms with Crippen molar-refractivity contribution in [1.82, 2.24) is 9.29 Å². The smallest absolute Gasteiger partial charge is 0.266 e. The summed E-state index contributed by atoms with van der Waals surface area (Å²) in [4.78, 5) is 18.6. The lowest BCUT2D eigenvalue weighted by Crippen LogP contribution is -2.47. The Morgan fingerprint density at radius 2 is 2.00 bits per heavy atom. The second-order valence-electron chi connectivity index (χ2n) is 6.53. The number of nitrogens with two attached hydrogens (primary N) is 1. The maximum atomic E-state index is 12.6. The average Bonchev–Trinajstić information content (AvgIpc) is 3.05. The van der Waals surface area contributed by atoms with Crippen LogP contribution < -0.4 is 10.6 Å². The molecule has 0 aliphatic carbocycles. The molecule has 0 radical (unpaired) electrons. The molecule has 1 aromatic carbocycles. The summed E-state index contributed by atoms with van der Waals surface area (Å²) in [6.45, 7) is 1.88. The van der Waals surface area contributed by atoms with Crippen LogP contribution in [0.3, 0.4) is 0 Å². The fourth-order valence-electron chi connectivity index (χ4n) is 3.03. The van der Waals surface area contributed by atoms with Crippen LogP contribution >= 0.6 is 23.4 Å². The summed E-state index contributed by atoms with van der Waals surface area (Å²) in [5.74, 6) is -0.822. The molecule has 0 saturated heterocycles. The zero-order valence-corrected chi connectivity index (χ0v) is 18.5. The minimum absolute atomic E-state index is 0.0600. The maximum Gasteiger partial charge on any atom is 0.266 e. The van der Waals surface area contributed by atoms with Gasteiger partial charge in [-0.3, -0.25) is 9.78 Å².